The maximum Gasteiger partial charge on any atom is 0.223 e. The summed E-state index contributed by atoms with van der Waals surface area (Å²) >= 11 is 1.67. The van der Waals surface area contributed by atoms with Crippen LogP contribution in [0, 0.1) is 18.3 Å². The fourth-order valence-corrected chi connectivity index (χ4v) is 4.53. The van der Waals surface area contributed by atoms with E-state index in [1.165, 1.54) is 32.4 Å². The second-order valence-electron chi connectivity index (χ2n) is 7.21. The van der Waals surface area contributed by atoms with Crippen LogP contribution in [0.5, 0.6) is 0 Å². The highest BCUT2D eigenvalue weighted by Crippen LogP contribution is 2.42. The molecule has 1 atom stereocenters. The SMILES string of the molecule is Cc1nc(CN2CC3(CCN(CC4CC4)C3)CC2=O)cs1. The van der Waals surface area contributed by atoms with Crippen molar-refractivity contribution in [3.05, 3.63) is 16.1 Å². The van der Waals surface area contributed by atoms with Crippen molar-refractivity contribution in [3.63, 3.8) is 0 Å². The maximum atomic E-state index is 12.4. The van der Waals surface area contributed by atoms with E-state index in [4.69, 9.17) is 0 Å². The van der Waals surface area contributed by atoms with Gasteiger partial charge in [-0.15, -0.1) is 11.3 Å². The van der Waals surface area contributed by atoms with E-state index >= 15 is 0 Å². The predicted molar refractivity (Wildman–Crippen MR) is 83.1 cm³/mol. The summed E-state index contributed by atoms with van der Waals surface area (Å²) < 4.78 is 0. The normalized spacial score (nSPS) is 30.0. The Morgan fingerprint density at radius 3 is 3.00 bits per heavy atom. The summed E-state index contributed by atoms with van der Waals surface area (Å²) in [5, 5.41) is 3.17. The number of aromatic nitrogens is 1. The van der Waals surface area contributed by atoms with E-state index in [1.807, 2.05) is 11.8 Å². The number of hydrogen-bond acceptors (Lipinski definition) is 4. The average molecular weight is 305 g/mol. The molecular formula is C16H23N3OS. The molecule has 1 spiro atoms. The van der Waals surface area contributed by atoms with Gasteiger partial charge in [0.2, 0.25) is 5.91 Å². The molecule has 1 amide bonds. The number of hydrogen-bond donors (Lipinski definition) is 0. The van der Waals surface area contributed by atoms with Gasteiger partial charge in [0.25, 0.3) is 0 Å². The summed E-state index contributed by atoms with van der Waals surface area (Å²) in [7, 11) is 0. The van der Waals surface area contributed by atoms with Gasteiger partial charge in [-0.05, 0) is 38.6 Å². The fourth-order valence-electron chi connectivity index (χ4n) is 3.92. The molecule has 0 N–H and O–H groups in total. The van der Waals surface area contributed by atoms with Gasteiger partial charge in [-0.1, -0.05) is 0 Å². The highest BCUT2D eigenvalue weighted by atomic mass is 32.1. The molecule has 1 aromatic rings. The molecule has 4 rings (SSSR count). The zero-order valence-electron chi connectivity index (χ0n) is 12.7. The van der Waals surface area contributed by atoms with Crippen molar-refractivity contribution in [1.29, 1.82) is 0 Å². The van der Waals surface area contributed by atoms with E-state index in [0.717, 1.165) is 36.1 Å². The molecule has 1 aromatic heterocycles. The van der Waals surface area contributed by atoms with Crippen molar-refractivity contribution < 1.29 is 4.79 Å². The quantitative estimate of drug-likeness (QED) is 0.856. The van der Waals surface area contributed by atoms with E-state index in [-0.39, 0.29) is 5.41 Å². The molecule has 2 aliphatic heterocycles. The molecule has 114 valence electrons. The van der Waals surface area contributed by atoms with E-state index in [1.54, 1.807) is 11.3 Å². The van der Waals surface area contributed by atoms with Crippen LogP contribution in [-0.2, 0) is 11.3 Å². The molecule has 3 fully saturated rings. The van der Waals surface area contributed by atoms with Gasteiger partial charge in [-0.2, -0.15) is 0 Å². The Bertz CT molecular complexity index is 553. The van der Waals surface area contributed by atoms with Crippen LogP contribution < -0.4 is 0 Å². The lowest BCUT2D eigenvalue weighted by atomic mass is 9.86. The van der Waals surface area contributed by atoms with Crippen LogP contribution in [-0.4, -0.2) is 46.9 Å². The second kappa shape index (κ2) is 5.06. The van der Waals surface area contributed by atoms with Crippen molar-refractivity contribution >= 4 is 17.2 Å². The number of aryl methyl sites for hydroxylation is 1. The molecule has 0 radical (unpaired) electrons. The number of nitrogens with zero attached hydrogens (tertiary/aromatic N) is 3. The zero-order valence-corrected chi connectivity index (χ0v) is 13.5. The minimum Gasteiger partial charge on any atom is -0.336 e. The minimum absolute atomic E-state index is 0.233. The molecule has 2 saturated heterocycles. The molecule has 1 aliphatic carbocycles. The van der Waals surface area contributed by atoms with Crippen molar-refractivity contribution in [3.8, 4) is 0 Å². The first-order valence-electron chi connectivity index (χ1n) is 8.03. The van der Waals surface area contributed by atoms with E-state index in [9.17, 15) is 4.79 Å². The first kappa shape index (κ1) is 13.7. The third kappa shape index (κ3) is 2.86. The lowest BCUT2D eigenvalue weighted by molar-refractivity contribution is -0.128. The summed E-state index contributed by atoms with van der Waals surface area (Å²) in [5.74, 6) is 1.28. The lowest BCUT2D eigenvalue weighted by Crippen LogP contribution is -2.32. The fraction of sp³-hybridized carbons (Fsp3) is 0.750. The van der Waals surface area contributed by atoms with Crippen LogP contribution in [0.4, 0.5) is 0 Å². The van der Waals surface area contributed by atoms with Crippen LogP contribution in [0.25, 0.3) is 0 Å². The average Bonchev–Trinajstić information content (AvgIpc) is 2.90. The highest BCUT2D eigenvalue weighted by molar-refractivity contribution is 7.09. The first-order valence-corrected chi connectivity index (χ1v) is 8.91. The Morgan fingerprint density at radius 1 is 1.43 bits per heavy atom. The van der Waals surface area contributed by atoms with E-state index in [0.29, 0.717) is 12.5 Å². The van der Waals surface area contributed by atoms with Gasteiger partial charge in [0, 0.05) is 36.9 Å². The second-order valence-corrected chi connectivity index (χ2v) is 8.28. The monoisotopic (exact) mass is 305 g/mol. The summed E-state index contributed by atoms with van der Waals surface area (Å²) in [5.41, 5.74) is 1.28. The smallest absolute Gasteiger partial charge is 0.223 e. The minimum atomic E-state index is 0.233. The molecule has 0 aromatic carbocycles. The van der Waals surface area contributed by atoms with Gasteiger partial charge in [0.05, 0.1) is 17.2 Å². The van der Waals surface area contributed by atoms with Crippen molar-refractivity contribution in [2.45, 2.75) is 39.2 Å². The Hall–Kier alpha value is -0.940. The van der Waals surface area contributed by atoms with E-state index in [2.05, 4.69) is 15.3 Å². The zero-order chi connectivity index (χ0) is 14.4. The van der Waals surface area contributed by atoms with Crippen molar-refractivity contribution in [2.75, 3.05) is 26.2 Å². The van der Waals surface area contributed by atoms with Gasteiger partial charge in [0.15, 0.2) is 0 Å². The third-order valence-corrected chi connectivity index (χ3v) is 5.98. The van der Waals surface area contributed by atoms with Crippen LogP contribution in [0.2, 0.25) is 0 Å². The van der Waals surface area contributed by atoms with Crippen LogP contribution in [0.1, 0.15) is 36.4 Å². The largest absolute Gasteiger partial charge is 0.336 e. The van der Waals surface area contributed by atoms with Gasteiger partial charge in [-0.3, -0.25) is 4.79 Å². The van der Waals surface area contributed by atoms with Gasteiger partial charge >= 0.3 is 0 Å². The number of carbonyl (C=O) groups is 1. The Morgan fingerprint density at radius 2 is 2.29 bits per heavy atom. The number of amides is 1. The number of rotatable bonds is 4. The summed E-state index contributed by atoms with van der Waals surface area (Å²) in [6.07, 6.45) is 4.77. The Labute approximate surface area is 130 Å². The van der Waals surface area contributed by atoms with Gasteiger partial charge < -0.3 is 9.80 Å². The molecular weight excluding hydrogens is 282 g/mol. The molecule has 1 unspecified atom stereocenters. The Balaban J connectivity index is 1.39. The molecule has 3 aliphatic rings. The molecule has 21 heavy (non-hydrogen) atoms. The van der Waals surface area contributed by atoms with Crippen LogP contribution in [0.3, 0.4) is 0 Å². The number of likely N-dealkylation sites (tertiary alicyclic amines) is 2. The standard InChI is InChI=1S/C16H23N3OS/c1-12-17-14(9-21-12)8-19-11-16(6-15(19)20)4-5-18(10-16)7-13-2-3-13/h9,13H,2-8,10-11H2,1H3. The first-order chi connectivity index (χ1) is 10.1. The predicted octanol–water partition coefficient (Wildman–Crippen LogP) is 2.29. The summed E-state index contributed by atoms with van der Waals surface area (Å²) in [4.78, 5) is 21.5. The van der Waals surface area contributed by atoms with Gasteiger partial charge in [0.1, 0.15) is 0 Å². The summed E-state index contributed by atoms with van der Waals surface area (Å²) in [6, 6.07) is 0. The maximum absolute atomic E-state index is 12.4. The van der Waals surface area contributed by atoms with E-state index < -0.39 is 0 Å². The highest BCUT2D eigenvalue weighted by Gasteiger charge is 2.47. The van der Waals surface area contributed by atoms with Gasteiger partial charge in [-0.25, -0.2) is 4.98 Å². The molecule has 3 heterocycles. The number of thiazole rings is 1. The lowest BCUT2D eigenvalue weighted by Gasteiger charge is -2.24. The summed E-state index contributed by atoms with van der Waals surface area (Å²) in [6.45, 7) is 7.24. The molecule has 1 saturated carbocycles. The van der Waals surface area contributed by atoms with Crippen molar-refractivity contribution in [2.24, 2.45) is 11.3 Å². The molecule has 0 bridgehead atoms. The van der Waals surface area contributed by atoms with Crippen molar-refractivity contribution in [1.82, 2.24) is 14.8 Å². The molecule has 4 nitrogen and oxygen atoms in total. The van der Waals surface area contributed by atoms with Crippen LogP contribution in [0.15, 0.2) is 5.38 Å². The Kier molecular flexibility index (Phi) is 3.30. The molecule has 5 heteroatoms. The third-order valence-electron chi connectivity index (χ3n) is 5.16. The topological polar surface area (TPSA) is 36.4 Å². The number of carbonyl (C=O) groups excluding carboxylic acids is 1. The van der Waals surface area contributed by atoms with Crippen LogP contribution >= 0.6 is 11.3 Å².